The lowest BCUT2D eigenvalue weighted by Gasteiger charge is -2.21. The number of ether oxygens (including phenoxy) is 3. The zero-order valence-electron chi connectivity index (χ0n) is 17.8. The van der Waals surface area contributed by atoms with Gasteiger partial charge in [0.05, 0.1) is 25.4 Å². The van der Waals surface area contributed by atoms with Crippen LogP contribution in [0.4, 0.5) is 4.79 Å². The minimum atomic E-state index is -0.610. The van der Waals surface area contributed by atoms with Crippen LogP contribution in [-0.4, -0.2) is 30.5 Å². The molecular weight excluding hydrogens is 434 g/mol. The molecule has 0 aliphatic carbocycles. The third kappa shape index (κ3) is 3.99. The predicted molar refractivity (Wildman–Crippen MR) is 119 cm³/mol. The number of carbonyl (C=O) groups excluding carboxylic acids is 1. The molecule has 0 aliphatic heterocycles. The molecule has 3 aromatic rings. The lowest BCUT2D eigenvalue weighted by molar-refractivity contribution is 0.0547. The van der Waals surface area contributed by atoms with Gasteiger partial charge in [0.15, 0.2) is 11.5 Å². The summed E-state index contributed by atoms with van der Waals surface area (Å²) in [6, 6.07) is 9.69. The number of hydrogen-bond donors (Lipinski definition) is 0. The molecule has 0 bridgehead atoms. The number of aryl methyl sites for hydroxylation is 2. The van der Waals surface area contributed by atoms with E-state index in [0.29, 0.717) is 11.5 Å². The smallest absolute Gasteiger partial charge is 0.419 e. The van der Waals surface area contributed by atoms with Crippen molar-refractivity contribution in [2.45, 2.75) is 40.2 Å². The maximum Gasteiger partial charge on any atom is 0.419 e. The topological polar surface area (TPSA) is 49.7 Å². The summed E-state index contributed by atoms with van der Waals surface area (Å²) in [4.78, 5) is 13.2. The Morgan fingerprint density at radius 2 is 1.66 bits per heavy atom. The largest absolute Gasteiger partial charge is 0.493 e. The average Bonchev–Trinajstić information content (AvgIpc) is 2.92. The molecule has 6 heteroatoms. The number of fused-ring (bicyclic) bond motifs is 1. The van der Waals surface area contributed by atoms with Crippen molar-refractivity contribution in [1.29, 1.82) is 0 Å². The minimum Gasteiger partial charge on any atom is -0.493 e. The molecule has 5 nitrogen and oxygen atoms in total. The summed E-state index contributed by atoms with van der Waals surface area (Å²) in [5.74, 6) is 1.23. The van der Waals surface area contributed by atoms with E-state index in [1.54, 1.807) is 18.8 Å². The average molecular weight is 460 g/mol. The van der Waals surface area contributed by atoms with Gasteiger partial charge in [-0.15, -0.1) is 0 Å². The second-order valence-corrected chi connectivity index (χ2v) is 8.83. The fourth-order valence-corrected chi connectivity index (χ4v) is 3.74. The molecule has 29 heavy (non-hydrogen) atoms. The van der Waals surface area contributed by atoms with Crippen LogP contribution in [0.15, 0.2) is 34.8 Å². The van der Waals surface area contributed by atoms with Gasteiger partial charge in [-0.1, -0.05) is 15.9 Å². The summed E-state index contributed by atoms with van der Waals surface area (Å²) in [6.07, 6.45) is -0.415. The molecule has 0 aliphatic rings. The SMILES string of the molecule is COc1ccc(-c2c(C)c3cc(Br)c(C)cc3n2C(=O)OC(C)(C)C)cc1OC. The van der Waals surface area contributed by atoms with E-state index in [9.17, 15) is 4.79 Å². The molecule has 0 radical (unpaired) electrons. The third-order valence-corrected chi connectivity index (χ3v) is 5.59. The summed E-state index contributed by atoms with van der Waals surface area (Å²) in [7, 11) is 3.19. The van der Waals surface area contributed by atoms with E-state index in [2.05, 4.69) is 15.9 Å². The molecule has 3 rings (SSSR count). The van der Waals surface area contributed by atoms with E-state index in [4.69, 9.17) is 14.2 Å². The number of nitrogens with zero attached hydrogens (tertiary/aromatic N) is 1. The molecule has 0 unspecified atom stereocenters. The van der Waals surface area contributed by atoms with E-state index in [0.717, 1.165) is 37.8 Å². The monoisotopic (exact) mass is 459 g/mol. The zero-order valence-corrected chi connectivity index (χ0v) is 19.4. The van der Waals surface area contributed by atoms with Gasteiger partial charge in [-0.2, -0.15) is 0 Å². The van der Waals surface area contributed by atoms with Gasteiger partial charge in [0.2, 0.25) is 0 Å². The Morgan fingerprint density at radius 3 is 2.24 bits per heavy atom. The molecular formula is C23H26BrNO4. The van der Waals surface area contributed by atoms with E-state index in [1.165, 1.54) is 0 Å². The standard InChI is InChI=1S/C23H26BrNO4/c1-13-10-18-16(12-17(13)24)14(2)21(25(18)22(26)29-23(3,4)5)15-8-9-19(27-6)20(11-15)28-7/h8-12H,1-7H3. The molecule has 2 aromatic carbocycles. The highest BCUT2D eigenvalue weighted by molar-refractivity contribution is 9.10. The third-order valence-electron chi connectivity index (χ3n) is 4.73. The summed E-state index contributed by atoms with van der Waals surface area (Å²) < 4.78 is 19.2. The van der Waals surface area contributed by atoms with Gasteiger partial charge in [0, 0.05) is 15.4 Å². The predicted octanol–water partition coefficient (Wildman–Crippen LogP) is 6.49. The van der Waals surface area contributed by atoms with Crippen LogP contribution in [0, 0.1) is 13.8 Å². The van der Waals surface area contributed by atoms with Crippen molar-refractivity contribution in [3.05, 3.63) is 45.9 Å². The fourth-order valence-electron chi connectivity index (χ4n) is 3.39. The summed E-state index contributed by atoms with van der Waals surface area (Å²) in [5, 5.41) is 0.984. The Kier molecular flexibility index (Phi) is 5.68. The number of halogens is 1. The number of methoxy groups -OCH3 is 2. The molecule has 0 saturated carbocycles. The Labute approximate surface area is 179 Å². The van der Waals surface area contributed by atoms with E-state index in [-0.39, 0.29) is 0 Å². The Morgan fingerprint density at radius 1 is 1.00 bits per heavy atom. The Hall–Kier alpha value is -2.47. The van der Waals surface area contributed by atoms with Gasteiger partial charge in [0.1, 0.15) is 5.60 Å². The van der Waals surface area contributed by atoms with E-state index < -0.39 is 11.7 Å². The Bertz CT molecular complexity index is 1090. The van der Waals surface area contributed by atoms with Gasteiger partial charge in [0.25, 0.3) is 0 Å². The summed E-state index contributed by atoms with van der Waals surface area (Å²) in [6.45, 7) is 9.60. The number of aromatic nitrogens is 1. The first-order valence-electron chi connectivity index (χ1n) is 9.34. The minimum absolute atomic E-state index is 0.415. The maximum absolute atomic E-state index is 13.2. The second-order valence-electron chi connectivity index (χ2n) is 7.98. The molecule has 0 fully saturated rings. The van der Waals surface area contributed by atoms with Crippen molar-refractivity contribution in [2.24, 2.45) is 0 Å². The van der Waals surface area contributed by atoms with Crippen LogP contribution in [0.25, 0.3) is 22.2 Å². The van der Waals surface area contributed by atoms with Gasteiger partial charge in [-0.3, -0.25) is 0 Å². The summed E-state index contributed by atoms with van der Waals surface area (Å²) in [5.41, 5.74) is 3.84. The normalized spacial score (nSPS) is 11.6. The van der Waals surface area contributed by atoms with Gasteiger partial charge in [-0.05, 0) is 76.1 Å². The van der Waals surface area contributed by atoms with Crippen LogP contribution in [0.2, 0.25) is 0 Å². The number of hydrogen-bond acceptors (Lipinski definition) is 4. The van der Waals surface area contributed by atoms with Crippen LogP contribution < -0.4 is 9.47 Å². The fraction of sp³-hybridized carbons (Fsp3) is 0.348. The van der Waals surface area contributed by atoms with Gasteiger partial charge >= 0.3 is 6.09 Å². The molecule has 154 valence electrons. The van der Waals surface area contributed by atoms with E-state index in [1.807, 2.05) is 65.0 Å². The highest BCUT2D eigenvalue weighted by Gasteiger charge is 2.26. The number of rotatable bonds is 3. The highest BCUT2D eigenvalue weighted by atomic mass is 79.9. The van der Waals surface area contributed by atoms with Gasteiger partial charge in [-0.25, -0.2) is 9.36 Å². The maximum atomic E-state index is 13.2. The molecule has 0 atom stereocenters. The second kappa shape index (κ2) is 7.75. The summed E-state index contributed by atoms with van der Waals surface area (Å²) >= 11 is 3.61. The molecule has 1 heterocycles. The van der Waals surface area contributed by atoms with Crippen molar-refractivity contribution >= 4 is 32.9 Å². The molecule has 1 aromatic heterocycles. The molecule has 0 spiro atoms. The van der Waals surface area contributed by atoms with Crippen molar-refractivity contribution in [3.8, 4) is 22.8 Å². The van der Waals surface area contributed by atoms with Gasteiger partial charge < -0.3 is 14.2 Å². The molecule has 0 N–H and O–H groups in total. The lowest BCUT2D eigenvalue weighted by Crippen LogP contribution is -2.27. The molecule has 0 saturated heterocycles. The van der Waals surface area contributed by atoms with Crippen LogP contribution in [0.3, 0.4) is 0 Å². The first-order valence-corrected chi connectivity index (χ1v) is 10.1. The van der Waals surface area contributed by atoms with Crippen LogP contribution in [-0.2, 0) is 4.74 Å². The first kappa shape index (κ1) is 21.2. The van der Waals surface area contributed by atoms with Crippen LogP contribution >= 0.6 is 15.9 Å². The molecule has 0 amide bonds. The zero-order chi connectivity index (χ0) is 21.5. The van der Waals surface area contributed by atoms with Crippen LogP contribution in [0.1, 0.15) is 31.9 Å². The quantitative estimate of drug-likeness (QED) is 0.449. The van der Waals surface area contributed by atoms with Crippen molar-refractivity contribution in [2.75, 3.05) is 14.2 Å². The first-order chi connectivity index (χ1) is 13.6. The number of carbonyl (C=O) groups is 1. The highest BCUT2D eigenvalue weighted by Crippen LogP contribution is 2.39. The van der Waals surface area contributed by atoms with Crippen LogP contribution in [0.5, 0.6) is 11.5 Å². The Balaban J connectivity index is 2.35. The van der Waals surface area contributed by atoms with Crippen molar-refractivity contribution in [1.82, 2.24) is 4.57 Å². The van der Waals surface area contributed by atoms with Crippen molar-refractivity contribution < 1.29 is 19.0 Å². The van der Waals surface area contributed by atoms with Crippen molar-refractivity contribution in [3.63, 3.8) is 0 Å². The number of benzene rings is 2. The van der Waals surface area contributed by atoms with E-state index >= 15 is 0 Å². The lowest BCUT2D eigenvalue weighted by atomic mass is 10.1.